The second kappa shape index (κ2) is 5.97. The molecule has 0 aromatic heterocycles. The van der Waals surface area contributed by atoms with E-state index in [4.69, 9.17) is 9.47 Å². The van der Waals surface area contributed by atoms with Gasteiger partial charge in [0.15, 0.2) is 0 Å². The van der Waals surface area contributed by atoms with Crippen molar-refractivity contribution in [3.63, 3.8) is 0 Å². The van der Waals surface area contributed by atoms with Crippen molar-refractivity contribution in [2.45, 2.75) is 89.7 Å². The maximum Gasteiger partial charge on any atom is 0.303 e. The van der Waals surface area contributed by atoms with Crippen LogP contribution in [0, 0.1) is 39.9 Å². The van der Waals surface area contributed by atoms with Gasteiger partial charge in [-0.15, -0.1) is 0 Å². The molecule has 13 atom stereocenters. The summed E-state index contributed by atoms with van der Waals surface area (Å²) in [7, 11) is 0. The van der Waals surface area contributed by atoms with Gasteiger partial charge in [-0.3, -0.25) is 14.5 Å². The van der Waals surface area contributed by atoms with Crippen LogP contribution >= 0.6 is 0 Å². The van der Waals surface area contributed by atoms with Gasteiger partial charge in [0.2, 0.25) is 0 Å². The number of hydrogen-bond acceptors (Lipinski definition) is 7. The van der Waals surface area contributed by atoms with Crippen molar-refractivity contribution in [3.8, 4) is 0 Å². The van der Waals surface area contributed by atoms with E-state index in [-0.39, 0.29) is 52.5 Å². The first kappa shape index (κ1) is 21.5. The van der Waals surface area contributed by atoms with E-state index in [2.05, 4.69) is 18.4 Å². The van der Waals surface area contributed by atoms with Gasteiger partial charge >= 0.3 is 11.9 Å². The van der Waals surface area contributed by atoms with Crippen LogP contribution in [0.1, 0.15) is 59.8 Å². The van der Waals surface area contributed by atoms with Crippen molar-refractivity contribution in [1.82, 2.24) is 4.90 Å². The molecule has 0 aromatic carbocycles. The minimum atomic E-state index is -1.17. The molecule has 7 heteroatoms. The lowest BCUT2D eigenvalue weighted by atomic mass is 9.37. The van der Waals surface area contributed by atoms with E-state index in [0.717, 1.165) is 37.8 Å². The van der Waals surface area contributed by atoms with Crippen molar-refractivity contribution >= 4 is 17.7 Å². The first-order valence-corrected chi connectivity index (χ1v) is 12.9. The number of carbonyl (C=O) groups is 3. The van der Waals surface area contributed by atoms with Gasteiger partial charge in [0.1, 0.15) is 23.6 Å². The van der Waals surface area contributed by atoms with Crippen LogP contribution in [-0.4, -0.2) is 64.2 Å². The minimum Gasteiger partial charge on any atom is -0.463 e. The number of aliphatic hydroxyl groups is 1. The molecule has 184 valence electrons. The molecule has 0 aromatic rings. The quantitative estimate of drug-likeness (QED) is 0.499. The molecule has 34 heavy (non-hydrogen) atoms. The molecule has 9 fully saturated rings. The molecule has 3 aliphatic heterocycles. The van der Waals surface area contributed by atoms with Gasteiger partial charge < -0.3 is 19.4 Å². The monoisotopic (exact) mass is 469 g/mol. The van der Waals surface area contributed by atoms with Crippen LogP contribution < -0.4 is 0 Å². The highest BCUT2D eigenvalue weighted by atomic mass is 16.6. The highest BCUT2D eigenvalue weighted by Crippen LogP contribution is 2.89. The Hall–Kier alpha value is -1.73. The third-order valence-corrected chi connectivity index (χ3v) is 11.6. The molecular formula is C27H35NO6. The van der Waals surface area contributed by atoms with E-state index in [1.54, 1.807) is 6.92 Å². The predicted molar refractivity (Wildman–Crippen MR) is 120 cm³/mol. The molecule has 0 amide bonds. The number of hydrogen-bond donors (Lipinski definition) is 1. The SMILES string of the molecule is C=C1CC23C[C@H]4[C@@H]5[C@@]6(C)C[C@H](OC(C)=O)C[C@]57C(N4C6)[C@@]2(O)[C@H](OC(C)=O)[C@H]1[C@@H](CC(C)=O)[C@H]37. The van der Waals surface area contributed by atoms with Gasteiger partial charge in [-0.1, -0.05) is 19.1 Å². The highest BCUT2D eigenvalue weighted by Gasteiger charge is 2.95. The van der Waals surface area contributed by atoms with Gasteiger partial charge in [-0.25, -0.2) is 0 Å². The van der Waals surface area contributed by atoms with E-state index >= 15 is 0 Å². The summed E-state index contributed by atoms with van der Waals surface area (Å²) in [5.41, 5.74) is -0.855. The van der Waals surface area contributed by atoms with E-state index < -0.39 is 23.1 Å². The maximum atomic E-state index is 12.9. The Morgan fingerprint density at radius 3 is 2.44 bits per heavy atom. The molecule has 9 rings (SSSR count). The smallest absolute Gasteiger partial charge is 0.303 e. The number of esters is 2. The molecule has 6 saturated carbocycles. The third-order valence-electron chi connectivity index (χ3n) is 11.6. The summed E-state index contributed by atoms with van der Waals surface area (Å²) in [5, 5.41) is 12.9. The van der Waals surface area contributed by atoms with Gasteiger partial charge in [-0.05, 0) is 55.8 Å². The summed E-state index contributed by atoms with van der Waals surface area (Å²) >= 11 is 0. The standard InChI is InChI=1S/C27H35NO6/c1-12-7-25-10-18-21-24(5)8-16(33-14(3)30)9-26(21)20(25)17(6-13(2)29)19(12)22(34-15(4)31)27(25,32)23(26)28(18)11-24/h16-23,32H,1,6-11H2,2-5H3/t16-,17+,18-,19+,20+,21+,22+,23?,24-,25?,26+,27-/m0/s1. The molecule has 6 aliphatic carbocycles. The zero-order valence-electron chi connectivity index (χ0n) is 20.5. The lowest BCUT2D eigenvalue weighted by molar-refractivity contribution is -0.275. The van der Waals surface area contributed by atoms with E-state index in [9.17, 15) is 19.5 Å². The molecule has 9 bridgehead atoms. The third kappa shape index (κ3) is 1.99. The van der Waals surface area contributed by atoms with Crippen LogP contribution in [-0.2, 0) is 23.9 Å². The number of carbonyl (C=O) groups excluding carboxylic acids is 3. The van der Waals surface area contributed by atoms with Crippen LogP contribution in [0.15, 0.2) is 12.2 Å². The second-order valence-electron chi connectivity index (χ2n) is 13.2. The Bertz CT molecular complexity index is 1070. The maximum absolute atomic E-state index is 12.9. The molecule has 9 aliphatic rings. The number of nitrogens with zero attached hydrogens (tertiary/aromatic N) is 1. The Morgan fingerprint density at radius 1 is 1.09 bits per heavy atom. The summed E-state index contributed by atoms with van der Waals surface area (Å²) in [5.74, 6) is -0.245. The summed E-state index contributed by atoms with van der Waals surface area (Å²) < 4.78 is 11.9. The molecule has 7 nitrogen and oxygen atoms in total. The van der Waals surface area contributed by atoms with Crippen molar-refractivity contribution in [3.05, 3.63) is 12.2 Å². The van der Waals surface area contributed by atoms with Crippen LogP contribution in [0.3, 0.4) is 0 Å². The first-order chi connectivity index (χ1) is 15.9. The number of rotatable bonds is 4. The second-order valence-corrected chi connectivity index (χ2v) is 13.2. The van der Waals surface area contributed by atoms with Crippen LogP contribution in [0.4, 0.5) is 0 Å². The number of piperidine rings is 2. The molecule has 2 spiro atoms. The summed E-state index contributed by atoms with van der Waals surface area (Å²) in [6.45, 7) is 12.2. The van der Waals surface area contributed by atoms with Crippen LogP contribution in [0.5, 0.6) is 0 Å². The first-order valence-electron chi connectivity index (χ1n) is 12.9. The van der Waals surface area contributed by atoms with Gasteiger partial charge in [0.25, 0.3) is 0 Å². The van der Waals surface area contributed by atoms with Gasteiger partial charge in [0, 0.05) is 55.6 Å². The van der Waals surface area contributed by atoms with Crippen LogP contribution in [0.2, 0.25) is 0 Å². The number of ether oxygens (including phenoxy) is 2. The van der Waals surface area contributed by atoms with Gasteiger partial charge in [0.05, 0.1) is 0 Å². The average Bonchev–Trinajstić information content (AvgIpc) is 3.09. The summed E-state index contributed by atoms with van der Waals surface area (Å²) in [6, 6.07) is 0.236. The normalized spacial score (nSPS) is 58.9. The van der Waals surface area contributed by atoms with E-state index in [0.29, 0.717) is 18.4 Å². The lowest BCUT2D eigenvalue weighted by Gasteiger charge is -2.69. The fraction of sp³-hybridized carbons (Fsp3) is 0.815. The van der Waals surface area contributed by atoms with Crippen molar-refractivity contribution in [1.29, 1.82) is 0 Å². The fourth-order valence-corrected chi connectivity index (χ4v) is 12.1. The Balaban J connectivity index is 1.48. The number of Topliss-reactive ketones (excluding diaryl/α,β-unsaturated/α-hetero) is 1. The topological polar surface area (TPSA) is 93.1 Å². The molecule has 3 saturated heterocycles. The Labute approximate surface area is 200 Å². The van der Waals surface area contributed by atoms with Crippen LogP contribution in [0.25, 0.3) is 0 Å². The number of fused-ring (bicyclic) bond motifs is 1. The van der Waals surface area contributed by atoms with Gasteiger partial charge in [-0.2, -0.15) is 0 Å². The van der Waals surface area contributed by atoms with E-state index in [1.807, 2.05) is 0 Å². The van der Waals surface area contributed by atoms with Crippen molar-refractivity contribution in [2.24, 2.45) is 39.9 Å². The average molecular weight is 470 g/mol. The van der Waals surface area contributed by atoms with Crippen molar-refractivity contribution in [2.75, 3.05) is 6.54 Å². The fourth-order valence-electron chi connectivity index (χ4n) is 12.1. The minimum absolute atomic E-state index is 0.00292. The van der Waals surface area contributed by atoms with E-state index in [1.165, 1.54) is 13.8 Å². The summed E-state index contributed by atoms with van der Waals surface area (Å²) in [4.78, 5) is 39.5. The number of ketones is 1. The molecular weight excluding hydrogens is 434 g/mol. The zero-order valence-corrected chi connectivity index (χ0v) is 20.5. The largest absolute Gasteiger partial charge is 0.463 e. The summed E-state index contributed by atoms with van der Waals surface area (Å²) in [6.07, 6.45) is 2.70. The zero-order chi connectivity index (χ0) is 24.2. The molecule has 1 N–H and O–H groups in total. The molecule has 0 radical (unpaired) electrons. The Morgan fingerprint density at radius 2 is 1.79 bits per heavy atom. The van der Waals surface area contributed by atoms with Crippen molar-refractivity contribution < 1.29 is 29.0 Å². The highest BCUT2D eigenvalue weighted by molar-refractivity contribution is 5.76. The predicted octanol–water partition coefficient (Wildman–Crippen LogP) is 2.25. The lowest BCUT2D eigenvalue weighted by Crippen LogP contribution is -2.76. The molecule has 3 heterocycles. The Kier molecular flexibility index (Phi) is 3.78. The molecule has 3 unspecified atom stereocenters.